The van der Waals surface area contributed by atoms with E-state index < -0.39 is 15.8 Å². The molecule has 8 heteroatoms. The van der Waals surface area contributed by atoms with E-state index in [0.717, 1.165) is 18.7 Å². The second kappa shape index (κ2) is 10.6. The van der Waals surface area contributed by atoms with Crippen molar-refractivity contribution >= 4 is 15.9 Å². The maximum absolute atomic E-state index is 12.8. The Morgan fingerprint density at radius 2 is 1.65 bits per heavy atom. The van der Waals surface area contributed by atoms with Crippen molar-refractivity contribution in [2.45, 2.75) is 55.9 Å². The summed E-state index contributed by atoms with van der Waals surface area (Å²) in [5, 5.41) is 6.25. The monoisotopic (exact) mass is 385 g/mol. The molecule has 1 aromatic carbocycles. The molecule has 0 unspecified atom stereocenters. The SMILES string of the molecule is O=C(CCNS(=O)(=O)c1ccc(F)cc1)NCCNC1CCCCCC1. The number of sulfonamides is 1. The summed E-state index contributed by atoms with van der Waals surface area (Å²) >= 11 is 0. The predicted molar refractivity (Wildman–Crippen MR) is 98.7 cm³/mol. The second-order valence-corrected chi connectivity index (χ2v) is 8.36. The van der Waals surface area contributed by atoms with E-state index in [4.69, 9.17) is 0 Å². The molecule has 1 aliphatic carbocycles. The summed E-state index contributed by atoms with van der Waals surface area (Å²) in [7, 11) is -3.72. The van der Waals surface area contributed by atoms with Crippen molar-refractivity contribution in [1.29, 1.82) is 0 Å². The van der Waals surface area contributed by atoms with Gasteiger partial charge in [-0.3, -0.25) is 4.79 Å². The van der Waals surface area contributed by atoms with Crippen LogP contribution in [-0.4, -0.2) is 40.0 Å². The van der Waals surface area contributed by atoms with Gasteiger partial charge in [0, 0.05) is 32.1 Å². The highest BCUT2D eigenvalue weighted by molar-refractivity contribution is 7.89. The van der Waals surface area contributed by atoms with Crippen molar-refractivity contribution in [2.24, 2.45) is 0 Å². The Bertz CT molecular complexity index is 657. The summed E-state index contributed by atoms with van der Waals surface area (Å²) in [6, 6.07) is 5.09. The van der Waals surface area contributed by atoms with Crippen LogP contribution in [0.5, 0.6) is 0 Å². The van der Waals surface area contributed by atoms with Gasteiger partial charge in [-0.2, -0.15) is 0 Å². The number of nitrogens with one attached hydrogen (secondary N) is 3. The molecule has 1 amide bonds. The van der Waals surface area contributed by atoms with Crippen molar-refractivity contribution in [3.05, 3.63) is 30.1 Å². The second-order valence-electron chi connectivity index (χ2n) is 6.59. The first-order valence-corrected chi connectivity index (χ1v) is 10.7. The number of rotatable bonds is 9. The molecule has 6 nitrogen and oxygen atoms in total. The quantitative estimate of drug-likeness (QED) is 0.448. The van der Waals surface area contributed by atoms with Gasteiger partial charge >= 0.3 is 0 Å². The zero-order chi connectivity index (χ0) is 18.8. The number of hydrogen-bond donors (Lipinski definition) is 3. The van der Waals surface area contributed by atoms with Crippen LogP contribution >= 0.6 is 0 Å². The summed E-state index contributed by atoms with van der Waals surface area (Å²) in [5.74, 6) is -0.699. The van der Waals surface area contributed by atoms with E-state index in [9.17, 15) is 17.6 Å². The molecule has 1 aliphatic rings. The first kappa shape index (κ1) is 20.8. The normalized spacial score (nSPS) is 16.2. The lowest BCUT2D eigenvalue weighted by Gasteiger charge is -2.16. The standard InChI is InChI=1S/C18H28FN3O3S/c19-15-7-9-17(10-8-15)26(24,25)22-12-11-18(23)21-14-13-20-16-5-3-1-2-4-6-16/h7-10,16,20,22H,1-6,11-14H2,(H,21,23). The van der Waals surface area contributed by atoms with E-state index in [2.05, 4.69) is 15.4 Å². The van der Waals surface area contributed by atoms with Crippen LogP contribution in [0.15, 0.2) is 29.2 Å². The lowest BCUT2D eigenvalue weighted by atomic mass is 10.1. The first-order valence-electron chi connectivity index (χ1n) is 9.23. The third-order valence-electron chi connectivity index (χ3n) is 4.50. The minimum atomic E-state index is -3.72. The Kier molecular flexibility index (Phi) is 8.47. The van der Waals surface area contributed by atoms with Gasteiger partial charge in [0.15, 0.2) is 0 Å². The minimum absolute atomic E-state index is 0.00158. The van der Waals surface area contributed by atoms with Gasteiger partial charge in [0.2, 0.25) is 15.9 Å². The molecule has 0 aliphatic heterocycles. The number of carbonyl (C=O) groups is 1. The van der Waals surface area contributed by atoms with E-state index in [1.165, 1.54) is 50.7 Å². The Morgan fingerprint density at radius 3 is 2.31 bits per heavy atom. The summed E-state index contributed by atoms with van der Waals surface area (Å²) < 4.78 is 39.2. The van der Waals surface area contributed by atoms with Crippen molar-refractivity contribution in [1.82, 2.24) is 15.4 Å². The van der Waals surface area contributed by atoms with Gasteiger partial charge in [-0.25, -0.2) is 17.5 Å². The van der Waals surface area contributed by atoms with Crippen LogP contribution in [0.2, 0.25) is 0 Å². The smallest absolute Gasteiger partial charge is 0.240 e. The summed E-state index contributed by atoms with van der Waals surface area (Å²) in [6.07, 6.45) is 7.59. The van der Waals surface area contributed by atoms with E-state index >= 15 is 0 Å². The third-order valence-corrected chi connectivity index (χ3v) is 5.98. The molecule has 1 saturated carbocycles. The van der Waals surface area contributed by atoms with Gasteiger partial charge in [-0.05, 0) is 37.1 Å². The van der Waals surface area contributed by atoms with E-state index in [1.807, 2.05) is 0 Å². The number of carbonyl (C=O) groups excluding carboxylic acids is 1. The molecule has 0 heterocycles. The Morgan fingerprint density at radius 1 is 1.00 bits per heavy atom. The number of amides is 1. The molecule has 26 heavy (non-hydrogen) atoms. The number of hydrogen-bond acceptors (Lipinski definition) is 4. The van der Waals surface area contributed by atoms with Gasteiger partial charge in [-0.1, -0.05) is 25.7 Å². The average Bonchev–Trinajstić information content (AvgIpc) is 2.88. The molecule has 0 radical (unpaired) electrons. The minimum Gasteiger partial charge on any atom is -0.355 e. The maximum Gasteiger partial charge on any atom is 0.240 e. The van der Waals surface area contributed by atoms with Crippen LogP contribution < -0.4 is 15.4 Å². The molecule has 0 saturated heterocycles. The van der Waals surface area contributed by atoms with Crippen LogP contribution in [-0.2, 0) is 14.8 Å². The van der Waals surface area contributed by atoms with Gasteiger partial charge in [0.05, 0.1) is 4.90 Å². The molecular formula is C18H28FN3O3S. The van der Waals surface area contributed by atoms with Crippen LogP contribution in [0.4, 0.5) is 4.39 Å². The number of halogens is 1. The largest absolute Gasteiger partial charge is 0.355 e. The summed E-state index contributed by atoms with van der Waals surface area (Å²) in [6.45, 7) is 1.25. The molecule has 3 N–H and O–H groups in total. The highest BCUT2D eigenvalue weighted by atomic mass is 32.2. The molecule has 0 bridgehead atoms. The average molecular weight is 386 g/mol. The van der Waals surface area contributed by atoms with Gasteiger partial charge in [-0.15, -0.1) is 0 Å². The van der Waals surface area contributed by atoms with Gasteiger partial charge in [0.25, 0.3) is 0 Å². The molecule has 146 valence electrons. The zero-order valence-corrected chi connectivity index (χ0v) is 15.8. The molecule has 1 aromatic rings. The summed E-state index contributed by atoms with van der Waals surface area (Å²) in [4.78, 5) is 11.8. The fourth-order valence-corrected chi connectivity index (χ4v) is 4.08. The topological polar surface area (TPSA) is 87.3 Å². The highest BCUT2D eigenvalue weighted by Crippen LogP contribution is 2.16. The van der Waals surface area contributed by atoms with Crippen molar-refractivity contribution < 1.29 is 17.6 Å². The highest BCUT2D eigenvalue weighted by Gasteiger charge is 2.14. The first-order chi connectivity index (χ1) is 12.5. The third kappa shape index (κ3) is 7.39. The lowest BCUT2D eigenvalue weighted by Crippen LogP contribution is -2.38. The van der Waals surface area contributed by atoms with E-state index in [1.54, 1.807) is 0 Å². The van der Waals surface area contributed by atoms with E-state index in [0.29, 0.717) is 12.6 Å². The Hall–Kier alpha value is -1.51. The van der Waals surface area contributed by atoms with Crippen molar-refractivity contribution in [3.8, 4) is 0 Å². The van der Waals surface area contributed by atoms with Gasteiger partial charge < -0.3 is 10.6 Å². The molecule has 0 spiro atoms. The molecule has 2 rings (SSSR count). The maximum atomic E-state index is 12.8. The lowest BCUT2D eigenvalue weighted by molar-refractivity contribution is -0.120. The van der Waals surface area contributed by atoms with Crippen molar-refractivity contribution in [3.63, 3.8) is 0 Å². The summed E-state index contributed by atoms with van der Waals surface area (Å²) in [5.41, 5.74) is 0. The van der Waals surface area contributed by atoms with E-state index in [-0.39, 0.29) is 23.8 Å². The predicted octanol–water partition coefficient (Wildman–Crippen LogP) is 1.92. The van der Waals surface area contributed by atoms with Crippen LogP contribution in [0.25, 0.3) is 0 Å². The fourth-order valence-electron chi connectivity index (χ4n) is 3.05. The molecule has 0 aromatic heterocycles. The fraction of sp³-hybridized carbons (Fsp3) is 0.611. The molecule has 1 fully saturated rings. The Labute approximate surface area is 155 Å². The zero-order valence-electron chi connectivity index (χ0n) is 15.0. The van der Waals surface area contributed by atoms with Crippen LogP contribution in [0, 0.1) is 5.82 Å². The van der Waals surface area contributed by atoms with Crippen molar-refractivity contribution in [2.75, 3.05) is 19.6 Å². The van der Waals surface area contributed by atoms with Crippen LogP contribution in [0.3, 0.4) is 0 Å². The molecule has 0 atom stereocenters. The Balaban J connectivity index is 1.60. The molecular weight excluding hydrogens is 357 g/mol. The van der Waals surface area contributed by atoms with Gasteiger partial charge in [0.1, 0.15) is 5.82 Å². The van der Waals surface area contributed by atoms with Crippen LogP contribution in [0.1, 0.15) is 44.9 Å². The number of benzene rings is 1.